The van der Waals surface area contributed by atoms with Crippen molar-refractivity contribution in [3.63, 3.8) is 0 Å². The Hall–Kier alpha value is -4.11. The van der Waals surface area contributed by atoms with Crippen LogP contribution in [-0.2, 0) is 11.2 Å². The lowest BCUT2D eigenvalue weighted by atomic mass is 9.98. The van der Waals surface area contributed by atoms with Gasteiger partial charge in [0, 0.05) is 51.5 Å². The SMILES string of the molecule is O=C(CCCCCNC(=O)c1[nH]c2cc(Cl)ccc2c1-c1c(Cc2ccc(Cl)cc2)cnn1-c1ccccc1)NO. The number of aromatic amines is 1. The molecule has 8 nitrogen and oxygen atoms in total. The van der Waals surface area contributed by atoms with Gasteiger partial charge in [-0.3, -0.25) is 14.8 Å². The van der Waals surface area contributed by atoms with E-state index in [9.17, 15) is 9.59 Å². The monoisotopic (exact) mass is 589 g/mol. The molecule has 4 N–H and O–H groups in total. The highest BCUT2D eigenvalue weighted by atomic mass is 35.5. The van der Waals surface area contributed by atoms with Crippen molar-refractivity contribution in [3.8, 4) is 16.9 Å². The minimum Gasteiger partial charge on any atom is -0.351 e. The molecule has 0 fully saturated rings. The Morgan fingerprint density at radius 1 is 0.927 bits per heavy atom. The summed E-state index contributed by atoms with van der Waals surface area (Å²) in [7, 11) is 0. The van der Waals surface area contributed by atoms with E-state index < -0.39 is 5.91 Å². The Morgan fingerprint density at radius 2 is 1.68 bits per heavy atom. The van der Waals surface area contributed by atoms with Crippen LogP contribution in [0.4, 0.5) is 0 Å². The molecule has 2 heterocycles. The predicted molar refractivity (Wildman–Crippen MR) is 161 cm³/mol. The number of amides is 2. The number of aromatic nitrogens is 3. The lowest BCUT2D eigenvalue weighted by molar-refractivity contribution is -0.129. The van der Waals surface area contributed by atoms with Gasteiger partial charge in [-0.25, -0.2) is 10.2 Å². The van der Waals surface area contributed by atoms with Crippen molar-refractivity contribution < 1.29 is 14.8 Å². The van der Waals surface area contributed by atoms with Crippen LogP contribution in [0.25, 0.3) is 27.8 Å². The second-order valence-corrected chi connectivity index (χ2v) is 10.6. The Bertz CT molecular complexity index is 1660. The zero-order valence-corrected chi connectivity index (χ0v) is 23.7. The summed E-state index contributed by atoms with van der Waals surface area (Å²) >= 11 is 12.5. The van der Waals surface area contributed by atoms with E-state index in [1.807, 2.05) is 83.7 Å². The number of rotatable bonds is 11. The third kappa shape index (κ3) is 6.62. The lowest BCUT2D eigenvalue weighted by Gasteiger charge is -2.13. The van der Waals surface area contributed by atoms with Crippen LogP contribution >= 0.6 is 23.2 Å². The molecular formula is C31H29Cl2N5O3. The van der Waals surface area contributed by atoms with Crippen LogP contribution in [0.15, 0.2) is 79.0 Å². The first-order valence-corrected chi connectivity index (χ1v) is 14.1. The number of fused-ring (bicyclic) bond motifs is 1. The zero-order chi connectivity index (χ0) is 28.8. The molecule has 41 heavy (non-hydrogen) atoms. The van der Waals surface area contributed by atoms with Crippen LogP contribution in [0.1, 0.15) is 47.3 Å². The Kier molecular flexibility index (Phi) is 9.04. The fourth-order valence-electron chi connectivity index (χ4n) is 4.88. The molecule has 0 aliphatic heterocycles. The van der Waals surface area contributed by atoms with Gasteiger partial charge in [0.1, 0.15) is 5.69 Å². The molecule has 0 saturated heterocycles. The molecule has 0 aliphatic carbocycles. The van der Waals surface area contributed by atoms with Gasteiger partial charge in [-0.05, 0) is 54.8 Å². The molecule has 0 radical (unpaired) electrons. The van der Waals surface area contributed by atoms with Gasteiger partial charge in [-0.2, -0.15) is 5.10 Å². The lowest BCUT2D eigenvalue weighted by Crippen LogP contribution is -2.25. The molecular weight excluding hydrogens is 561 g/mol. The third-order valence-corrected chi connectivity index (χ3v) is 7.36. The first-order valence-electron chi connectivity index (χ1n) is 13.3. The van der Waals surface area contributed by atoms with Gasteiger partial charge in [-0.15, -0.1) is 0 Å². The fraction of sp³-hybridized carbons (Fsp3) is 0.194. The molecule has 0 aliphatic rings. The van der Waals surface area contributed by atoms with E-state index in [1.54, 1.807) is 5.48 Å². The molecule has 0 unspecified atom stereocenters. The van der Waals surface area contributed by atoms with Crippen molar-refractivity contribution in [2.24, 2.45) is 0 Å². The molecule has 2 amide bonds. The summed E-state index contributed by atoms with van der Waals surface area (Å²) in [5.74, 6) is -0.668. The van der Waals surface area contributed by atoms with Gasteiger partial charge in [0.2, 0.25) is 5.91 Å². The number of hydroxylamine groups is 1. The molecule has 0 saturated carbocycles. The number of unbranched alkanes of at least 4 members (excludes halogenated alkanes) is 2. The van der Waals surface area contributed by atoms with E-state index in [-0.39, 0.29) is 12.3 Å². The van der Waals surface area contributed by atoms with Gasteiger partial charge in [0.25, 0.3) is 5.91 Å². The van der Waals surface area contributed by atoms with Crippen LogP contribution in [0.3, 0.4) is 0 Å². The normalized spacial score (nSPS) is 11.1. The van der Waals surface area contributed by atoms with E-state index in [0.29, 0.717) is 41.5 Å². The summed E-state index contributed by atoms with van der Waals surface area (Å²) in [6, 6.07) is 23.0. The Morgan fingerprint density at radius 3 is 2.44 bits per heavy atom. The van der Waals surface area contributed by atoms with Crippen molar-refractivity contribution >= 4 is 45.9 Å². The first kappa shape index (κ1) is 28.4. The molecule has 5 aromatic rings. The highest BCUT2D eigenvalue weighted by Crippen LogP contribution is 2.38. The van der Waals surface area contributed by atoms with Crippen molar-refractivity contribution in [3.05, 3.63) is 106 Å². The summed E-state index contributed by atoms with van der Waals surface area (Å²) in [4.78, 5) is 28.2. The maximum atomic E-state index is 13.6. The van der Waals surface area contributed by atoms with Crippen molar-refractivity contribution in [1.82, 2.24) is 25.6 Å². The second-order valence-electron chi connectivity index (χ2n) is 9.74. The number of hydrogen-bond donors (Lipinski definition) is 4. The standard InChI is InChI=1S/C31H29Cl2N5O3/c32-22-12-10-20(11-13-22)17-21-19-35-38(24-7-3-1-4-8-24)30(21)28-25-15-14-23(33)18-26(25)36-29(28)31(40)34-16-6-2-5-9-27(39)37-41/h1,3-4,7-8,10-15,18-19,36,41H,2,5-6,9,16-17H2,(H,34,40)(H,37,39). The van der Waals surface area contributed by atoms with E-state index >= 15 is 0 Å². The topological polar surface area (TPSA) is 112 Å². The number of halogens is 2. The maximum Gasteiger partial charge on any atom is 0.268 e. The third-order valence-electron chi connectivity index (χ3n) is 6.87. The minimum atomic E-state index is -0.417. The molecule has 3 aromatic carbocycles. The van der Waals surface area contributed by atoms with Crippen LogP contribution in [0, 0.1) is 0 Å². The molecule has 210 valence electrons. The molecule has 0 spiro atoms. The minimum absolute atomic E-state index is 0.233. The number of hydrogen-bond acceptors (Lipinski definition) is 4. The number of benzene rings is 3. The van der Waals surface area contributed by atoms with Crippen LogP contribution in [0.2, 0.25) is 10.0 Å². The number of carbonyl (C=O) groups excluding carboxylic acids is 2. The molecule has 0 atom stereocenters. The highest BCUT2D eigenvalue weighted by molar-refractivity contribution is 6.31. The van der Waals surface area contributed by atoms with Crippen LogP contribution in [0.5, 0.6) is 0 Å². The summed E-state index contributed by atoms with van der Waals surface area (Å²) < 4.78 is 1.87. The van der Waals surface area contributed by atoms with Crippen LogP contribution in [-0.4, -0.2) is 38.3 Å². The number of carbonyl (C=O) groups is 2. The summed E-state index contributed by atoms with van der Waals surface area (Å²) in [5.41, 5.74) is 7.21. The predicted octanol–water partition coefficient (Wildman–Crippen LogP) is 6.71. The average Bonchev–Trinajstić information content (AvgIpc) is 3.56. The van der Waals surface area contributed by atoms with E-state index in [1.165, 1.54) is 0 Å². The van der Waals surface area contributed by atoms with Gasteiger partial charge < -0.3 is 10.3 Å². The van der Waals surface area contributed by atoms with Gasteiger partial charge in [0.05, 0.1) is 17.6 Å². The molecule has 10 heteroatoms. The molecule has 2 aromatic heterocycles. The van der Waals surface area contributed by atoms with E-state index in [4.69, 9.17) is 33.5 Å². The number of nitrogens with one attached hydrogen (secondary N) is 3. The Labute approximate surface area is 247 Å². The average molecular weight is 591 g/mol. The van der Waals surface area contributed by atoms with Gasteiger partial charge in [-0.1, -0.05) is 66.0 Å². The van der Waals surface area contributed by atoms with E-state index in [0.717, 1.165) is 45.4 Å². The van der Waals surface area contributed by atoms with E-state index in [2.05, 4.69) is 10.3 Å². The van der Waals surface area contributed by atoms with Gasteiger partial charge >= 0.3 is 0 Å². The Balaban J connectivity index is 1.54. The smallest absolute Gasteiger partial charge is 0.268 e. The summed E-state index contributed by atoms with van der Waals surface area (Å²) in [5, 5.41) is 18.5. The largest absolute Gasteiger partial charge is 0.351 e. The quantitative estimate of drug-likeness (QED) is 0.0778. The summed E-state index contributed by atoms with van der Waals surface area (Å²) in [6.07, 6.45) is 4.70. The van der Waals surface area contributed by atoms with Crippen LogP contribution < -0.4 is 10.8 Å². The number of para-hydroxylation sites is 1. The van der Waals surface area contributed by atoms with Gasteiger partial charge in [0.15, 0.2) is 0 Å². The van der Waals surface area contributed by atoms with Crippen molar-refractivity contribution in [1.29, 1.82) is 0 Å². The fourth-order valence-corrected chi connectivity index (χ4v) is 5.18. The van der Waals surface area contributed by atoms with Crippen molar-refractivity contribution in [2.75, 3.05) is 6.54 Å². The number of nitrogens with zero attached hydrogens (tertiary/aromatic N) is 2. The highest BCUT2D eigenvalue weighted by Gasteiger charge is 2.25. The summed E-state index contributed by atoms with van der Waals surface area (Å²) in [6.45, 7) is 0.435. The number of H-pyrrole nitrogens is 1. The first-order chi connectivity index (χ1) is 19.9. The zero-order valence-electron chi connectivity index (χ0n) is 22.2. The molecule has 0 bridgehead atoms. The second kappa shape index (κ2) is 13.0. The molecule has 5 rings (SSSR count). The maximum absolute atomic E-state index is 13.6. The van der Waals surface area contributed by atoms with Crippen molar-refractivity contribution in [2.45, 2.75) is 32.1 Å².